The molecule has 3 aliphatic heterocycles. The molecule has 0 aromatic carbocycles. The van der Waals surface area contributed by atoms with Crippen molar-refractivity contribution in [1.29, 1.82) is 0 Å². The van der Waals surface area contributed by atoms with Gasteiger partial charge >= 0.3 is 0 Å². The maximum Gasteiger partial charge on any atom is 0.0309 e. The molecule has 3 heteroatoms. The minimum atomic E-state index is 0.969. The van der Waals surface area contributed by atoms with E-state index in [0.29, 0.717) is 0 Å². The highest BCUT2D eigenvalue weighted by Gasteiger charge is 2.57. The molecule has 0 N–H and O–H groups in total. The smallest absolute Gasteiger partial charge is 0.0309 e. The number of fused-ring (bicyclic) bond motifs is 7. The van der Waals surface area contributed by atoms with E-state index in [-0.39, 0.29) is 0 Å². The van der Waals surface area contributed by atoms with E-state index in [1.165, 1.54) is 38.5 Å². The molecule has 3 heterocycles. The first-order valence-electron chi connectivity index (χ1n) is 8.75. The Hall–Kier alpha value is 0.350. The van der Waals surface area contributed by atoms with Crippen molar-refractivity contribution in [1.82, 2.24) is 9.34 Å². The zero-order chi connectivity index (χ0) is 12.4. The lowest BCUT2D eigenvalue weighted by Crippen LogP contribution is -2.33. The highest BCUT2D eigenvalue weighted by Crippen LogP contribution is 2.59. The third kappa shape index (κ3) is 1.66. The second-order valence-electron chi connectivity index (χ2n) is 7.74. The van der Waals surface area contributed by atoms with Gasteiger partial charge < -0.3 is 0 Å². The van der Waals surface area contributed by atoms with Gasteiger partial charge in [-0.2, -0.15) is 0 Å². The van der Waals surface area contributed by atoms with Crippen molar-refractivity contribution in [2.45, 2.75) is 88.4 Å². The van der Waals surface area contributed by atoms with Crippen LogP contribution in [0.25, 0.3) is 0 Å². The fraction of sp³-hybridized carbons (Fsp3) is 1.00. The largest absolute Gasteiger partial charge is 0.264 e. The summed E-state index contributed by atoms with van der Waals surface area (Å²) in [5.74, 6) is 2.16. The zero-order valence-corrected chi connectivity index (χ0v) is 12.9. The van der Waals surface area contributed by atoms with Crippen molar-refractivity contribution in [2.24, 2.45) is 11.8 Å². The summed E-state index contributed by atoms with van der Waals surface area (Å²) in [6.45, 7) is 0. The Labute approximate surface area is 119 Å². The van der Waals surface area contributed by atoms with Crippen LogP contribution in [0.4, 0.5) is 0 Å². The minimum Gasteiger partial charge on any atom is -0.264 e. The number of nitrogens with zero attached hydrogens (tertiary/aromatic N) is 2. The Morgan fingerprint density at radius 3 is 1.58 bits per heavy atom. The maximum atomic E-state index is 2.99. The molecule has 6 atom stereocenters. The summed E-state index contributed by atoms with van der Waals surface area (Å²) < 4.78 is 5.97. The molecular formula is C16H27N2P. The average Bonchev–Trinajstić information content (AvgIpc) is 3.07. The number of hydrogen-bond donors (Lipinski definition) is 0. The monoisotopic (exact) mass is 278 g/mol. The Bertz CT molecular complexity index is 340. The van der Waals surface area contributed by atoms with Crippen LogP contribution >= 0.6 is 8.88 Å². The molecule has 19 heavy (non-hydrogen) atoms. The predicted octanol–water partition coefficient (Wildman–Crippen LogP) is 3.77. The Morgan fingerprint density at radius 1 is 0.579 bits per heavy atom. The van der Waals surface area contributed by atoms with E-state index in [1.54, 1.807) is 25.7 Å². The molecule has 0 aromatic rings. The summed E-state index contributed by atoms with van der Waals surface area (Å²) in [5, 5.41) is 0. The molecule has 0 radical (unpaired) electrons. The third-order valence-corrected chi connectivity index (χ3v) is 8.72. The first-order valence-corrected chi connectivity index (χ1v) is 9.64. The maximum absolute atomic E-state index is 2.99. The quantitative estimate of drug-likeness (QED) is 0.622. The number of hydrogen-bond acceptors (Lipinski definition) is 2. The summed E-state index contributed by atoms with van der Waals surface area (Å²) >= 11 is 0. The van der Waals surface area contributed by atoms with Crippen LogP contribution in [0.1, 0.15) is 64.2 Å². The van der Waals surface area contributed by atoms with Crippen LogP contribution in [-0.4, -0.2) is 33.5 Å². The van der Waals surface area contributed by atoms with Crippen molar-refractivity contribution < 1.29 is 0 Å². The lowest BCUT2D eigenvalue weighted by atomic mass is 9.83. The molecule has 5 aliphatic rings. The highest BCUT2D eigenvalue weighted by atomic mass is 31.1. The molecule has 0 bridgehead atoms. The van der Waals surface area contributed by atoms with Crippen molar-refractivity contribution in [3.8, 4) is 0 Å². The molecule has 0 amide bonds. The van der Waals surface area contributed by atoms with Crippen LogP contribution in [0.15, 0.2) is 0 Å². The van der Waals surface area contributed by atoms with Gasteiger partial charge in [0.25, 0.3) is 0 Å². The van der Waals surface area contributed by atoms with E-state index in [9.17, 15) is 0 Å². The molecule has 2 nitrogen and oxygen atoms in total. The van der Waals surface area contributed by atoms with Crippen LogP contribution in [-0.2, 0) is 0 Å². The molecule has 0 aromatic heterocycles. The van der Waals surface area contributed by atoms with Gasteiger partial charge in [-0.1, -0.05) is 25.7 Å². The Kier molecular flexibility index (Phi) is 2.78. The summed E-state index contributed by atoms with van der Waals surface area (Å²) in [7, 11) is 1.06. The molecule has 2 saturated carbocycles. The second kappa shape index (κ2) is 4.42. The molecular weight excluding hydrogens is 251 g/mol. The van der Waals surface area contributed by atoms with Gasteiger partial charge in [-0.15, -0.1) is 0 Å². The van der Waals surface area contributed by atoms with Crippen LogP contribution < -0.4 is 0 Å². The molecule has 2 aliphatic carbocycles. The van der Waals surface area contributed by atoms with Gasteiger partial charge in [-0.3, -0.25) is 9.34 Å². The van der Waals surface area contributed by atoms with Crippen molar-refractivity contribution in [3.63, 3.8) is 0 Å². The second-order valence-corrected chi connectivity index (χ2v) is 8.98. The van der Waals surface area contributed by atoms with Gasteiger partial charge in [0, 0.05) is 33.0 Å². The fourth-order valence-corrected chi connectivity index (χ4v) is 8.21. The Morgan fingerprint density at radius 2 is 1.05 bits per heavy atom. The van der Waals surface area contributed by atoms with Gasteiger partial charge in [0.2, 0.25) is 0 Å². The first kappa shape index (κ1) is 12.0. The van der Waals surface area contributed by atoms with Crippen LogP contribution in [0.2, 0.25) is 0 Å². The lowest BCUT2D eigenvalue weighted by molar-refractivity contribution is 0.253. The molecule has 3 saturated heterocycles. The van der Waals surface area contributed by atoms with Gasteiger partial charge in [-0.05, 0) is 50.4 Å². The fourth-order valence-electron chi connectivity index (χ4n) is 6.11. The van der Waals surface area contributed by atoms with Crippen molar-refractivity contribution >= 4 is 8.88 Å². The molecule has 0 spiro atoms. The van der Waals surface area contributed by atoms with Crippen LogP contribution in [0, 0.1) is 11.8 Å². The van der Waals surface area contributed by atoms with Gasteiger partial charge in [-0.25, -0.2) is 0 Å². The molecule has 5 rings (SSSR count). The topological polar surface area (TPSA) is 6.48 Å². The SMILES string of the molecule is C1CCC2C(C1)CC1C3CC4CCCCC4N3PN21. The average molecular weight is 278 g/mol. The zero-order valence-electron chi connectivity index (χ0n) is 11.9. The highest BCUT2D eigenvalue weighted by molar-refractivity contribution is 7.33. The summed E-state index contributed by atoms with van der Waals surface area (Å²) in [5.41, 5.74) is 0. The van der Waals surface area contributed by atoms with E-state index >= 15 is 0 Å². The standard InChI is InChI=1S/C16H27N2P/c1-3-7-13-11(5-1)9-15-16-10-12-6-2-4-8-14(12)18(16)19-17(13)15/h11-16,19H,1-10H2. The lowest BCUT2D eigenvalue weighted by Gasteiger charge is -2.35. The van der Waals surface area contributed by atoms with Crippen molar-refractivity contribution in [3.05, 3.63) is 0 Å². The molecule has 6 unspecified atom stereocenters. The normalized spacial score (nSPS) is 54.9. The summed E-state index contributed by atoms with van der Waals surface area (Å²) in [4.78, 5) is 0. The van der Waals surface area contributed by atoms with Gasteiger partial charge in [0.15, 0.2) is 0 Å². The van der Waals surface area contributed by atoms with Gasteiger partial charge in [0.1, 0.15) is 0 Å². The third-order valence-electron chi connectivity index (χ3n) is 6.93. The van der Waals surface area contributed by atoms with E-state index in [2.05, 4.69) is 9.34 Å². The van der Waals surface area contributed by atoms with E-state index < -0.39 is 0 Å². The number of rotatable bonds is 0. The van der Waals surface area contributed by atoms with Crippen LogP contribution in [0.3, 0.4) is 0 Å². The summed E-state index contributed by atoms with van der Waals surface area (Å²) in [6, 6.07) is 3.92. The minimum absolute atomic E-state index is 0.969. The predicted molar refractivity (Wildman–Crippen MR) is 80.3 cm³/mol. The van der Waals surface area contributed by atoms with Crippen LogP contribution in [0.5, 0.6) is 0 Å². The van der Waals surface area contributed by atoms with E-state index in [0.717, 1.165) is 44.9 Å². The van der Waals surface area contributed by atoms with E-state index in [4.69, 9.17) is 0 Å². The summed E-state index contributed by atoms with van der Waals surface area (Å²) in [6.07, 6.45) is 15.3. The van der Waals surface area contributed by atoms with Gasteiger partial charge in [0.05, 0.1) is 0 Å². The first-order chi connectivity index (χ1) is 9.42. The molecule has 5 fully saturated rings. The molecule has 106 valence electrons. The van der Waals surface area contributed by atoms with E-state index in [1.807, 2.05) is 0 Å². The Balaban J connectivity index is 1.40. The van der Waals surface area contributed by atoms with Crippen molar-refractivity contribution in [2.75, 3.05) is 0 Å².